The van der Waals surface area contributed by atoms with Crippen LogP contribution in [0.2, 0.25) is 0 Å². The Balaban J connectivity index is 1.85. The van der Waals surface area contributed by atoms with Gasteiger partial charge >= 0.3 is 0 Å². The minimum atomic E-state index is -1.02. The van der Waals surface area contributed by atoms with Crippen molar-refractivity contribution in [1.82, 2.24) is 4.90 Å². The molecule has 6 nitrogen and oxygen atoms in total. The number of benzene rings is 3. The molecule has 0 radical (unpaired) electrons. The van der Waals surface area contributed by atoms with Crippen molar-refractivity contribution in [1.29, 1.82) is 0 Å². The van der Waals surface area contributed by atoms with Crippen LogP contribution in [0.25, 0.3) is 5.76 Å². The first-order valence-electron chi connectivity index (χ1n) is 10.7. The van der Waals surface area contributed by atoms with Crippen molar-refractivity contribution in [3.05, 3.63) is 102 Å². The first kappa shape index (κ1) is 22.4. The van der Waals surface area contributed by atoms with Gasteiger partial charge in [0.2, 0.25) is 6.10 Å². The van der Waals surface area contributed by atoms with Crippen LogP contribution in [-0.4, -0.2) is 42.3 Å². The van der Waals surface area contributed by atoms with E-state index < -0.39 is 18.2 Å². The smallest absolute Gasteiger partial charge is 0.271 e. The average molecular weight is 446 g/mol. The van der Waals surface area contributed by atoms with Crippen molar-refractivity contribution >= 4 is 11.7 Å². The second-order valence-electron chi connectivity index (χ2n) is 7.83. The minimum Gasteiger partial charge on any atom is -0.497 e. The van der Waals surface area contributed by atoms with Gasteiger partial charge in [-0.1, -0.05) is 54.6 Å². The van der Waals surface area contributed by atoms with Crippen LogP contribution in [0, 0.1) is 0 Å². The second kappa shape index (κ2) is 9.79. The molecule has 3 aromatic carbocycles. The lowest BCUT2D eigenvalue weighted by Gasteiger charge is -2.38. The SMILES string of the molecule is COc1ccc(C(c2ccc(OC)cc2)N2C=C(c3ccccc3)O[C@@H]([C@@H](C)O)C2=O)cc1. The van der Waals surface area contributed by atoms with Crippen molar-refractivity contribution in [3.63, 3.8) is 0 Å². The summed E-state index contributed by atoms with van der Waals surface area (Å²) in [4.78, 5) is 15.2. The number of carbonyl (C=O) groups is 1. The highest BCUT2D eigenvalue weighted by Crippen LogP contribution is 2.36. The van der Waals surface area contributed by atoms with Crippen LogP contribution in [-0.2, 0) is 9.53 Å². The van der Waals surface area contributed by atoms with Crippen molar-refractivity contribution in [2.45, 2.75) is 25.2 Å². The summed E-state index contributed by atoms with van der Waals surface area (Å²) >= 11 is 0. The van der Waals surface area contributed by atoms with Crippen LogP contribution >= 0.6 is 0 Å². The Hall–Kier alpha value is -3.77. The first-order valence-corrected chi connectivity index (χ1v) is 10.7. The van der Waals surface area contributed by atoms with Gasteiger partial charge in [0.05, 0.1) is 32.6 Å². The molecule has 6 heteroatoms. The van der Waals surface area contributed by atoms with Gasteiger partial charge in [-0.15, -0.1) is 0 Å². The van der Waals surface area contributed by atoms with E-state index in [1.54, 1.807) is 32.2 Å². The van der Waals surface area contributed by atoms with Gasteiger partial charge in [0.15, 0.2) is 0 Å². The molecule has 1 aliphatic heterocycles. The van der Waals surface area contributed by atoms with Gasteiger partial charge in [-0.2, -0.15) is 0 Å². The molecular weight excluding hydrogens is 418 g/mol. The zero-order chi connectivity index (χ0) is 23.4. The molecular formula is C27H27NO5. The summed E-state index contributed by atoms with van der Waals surface area (Å²) in [6.07, 6.45) is -0.292. The lowest BCUT2D eigenvalue weighted by Crippen LogP contribution is -2.47. The maximum absolute atomic E-state index is 13.5. The van der Waals surface area contributed by atoms with E-state index in [-0.39, 0.29) is 5.91 Å². The summed E-state index contributed by atoms with van der Waals surface area (Å²) < 4.78 is 16.6. The van der Waals surface area contributed by atoms with E-state index in [9.17, 15) is 9.90 Å². The predicted octanol–water partition coefficient (Wildman–Crippen LogP) is 4.40. The maximum Gasteiger partial charge on any atom is 0.271 e. The van der Waals surface area contributed by atoms with Crippen LogP contribution in [0.4, 0.5) is 0 Å². The minimum absolute atomic E-state index is 0.318. The van der Waals surface area contributed by atoms with E-state index in [1.165, 1.54) is 0 Å². The molecule has 0 saturated heterocycles. The summed E-state index contributed by atoms with van der Waals surface area (Å²) in [5.41, 5.74) is 2.61. The molecule has 0 saturated carbocycles. The number of nitrogens with zero attached hydrogens (tertiary/aromatic N) is 1. The van der Waals surface area contributed by atoms with Crippen molar-refractivity contribution < 1.29 is 24.1 Å². The van der Waals surface area contributed by atoms with E-state index in [1.807, 2.05) is 78.9 Å². The number of aliphatic hydroxyl groups excluding tert-OH is 1. The van der Waals surface area contributed by atoms with Crippen molar-refractivity contribution in [2.24, 2.45) is 0 Å². The van der Waals surface area contributed by atoms with Crippen LogP contribution in [0.15, 0.2) is 85.1 Å². The first-order chi connectivity index (χ1) is 16.0. The van der Waals surface area contributed by atoms with Gasteiger partial charge in [0.25, 0.3) is 5.91 Å². The monoisotopic (exact) mass is 445 g/mol. The normalized spacial score (nSPS) is 16.8. The Kier molecular flexibility index (Phi) is 6.66. The van der Waals surface area contributed by atoms with Gasteiger partial charge < -0.3 is 24.2 Å². The van der Waals surface area contributed by atoms with E-state index in [4.69, 9.17) is 14.2 Å². The molecule has 0 bridgehead atoms. The van der Waals surface area contributed by atoms with Crippen molar-refractivity contribution in [3.8, 4) is 11.5 Å². The molecule has 0 unspecified atom stereocenters. The fourth-order valence-electron chi connectivity index (χ4n) is 3.89. The average Bonchev–Trinajstić information content (AvgIpc) is 2.86. The topological polar surface area (TPSA) is 68.2 Å². The number of ether oxygens (including phenoxy) is 3. The van der Waals surface area contributed by atoms with E-state index in [2.05, 4.69) is 0 Å². The fraction of sp³-hybridized carbons (Fsp3) is 0.222. The molecule has 2 atom stereocenters. The maximum atomic E-state index is 13.5. The number of aliphatic hydroxyl groups is 1. The van der Waals surface area contributed by atoms with Gasteiger partial charge in [-0.25, -0.2) is 0 Å². The predicted molar refractivity (Wildman–Crippen MR) is 126 cm³/mol. The number of hydrogen-bond acceptors (Lipinski definition) is 5. The van der Waals surface area contributed by atoms with E-state index in [0.29, 0.717) is 5.76 Å². The highest BCUT2D eigenvalue weighted by molar-refractivity contribution is 5.87. The Labute approximate surface area is 193 Å². The summed E-state index contributed by atoms with van der Waals surface area (Å²) in [6.45, 7) is 1.56. The highest BCUT2D eigenvalue weighted by atomic mass is 16.5. The third-order valence-corrected chi connectivity index (χ3v) is 5.65. The molecule has 0 aromatic heterocycles. The van der Waals surface area contributed by atoms with Gasteiger partial charge in [0.1, 0.15) is 17.3 Å². The fourth-order valence-corrected chi connectivity index (χ4v) is 3.89. The number of methoxy groups -OCH3 is 2. The van der Waals surface area contributed by atoms with Crippen molar-refractivity contribution in [2.75, 3.05) is 14.2 Å². The summed E-state index contributed by atoms with van der Waals surface area (Å²) in [5.74, 6) is 1.65. The lowest BCUT2D eigenvalue weighted by atomic mass is 9.95. The lowest BCUT2D eigenvalue weighted by molar-refractivity contribution is -0.146. The third-order valence-electron chi connectivity index (χ3n) is 5.65. The Morgan fingerprint density at radius 1 is 0.848 bits per heavy atom. The molecule has 3 aromatic rings. The third kappa shape index (κ3) is 4.71. The molecule has 33 heavy (non-hydrogen) atoms. The van der Waals surface area contributed by atoms with E-state index in [0.717, 1.165) is 28.2 Å². The Bertz CT molecular complexity index is 1060. The van der Waals surface area contributed by atoms with Gasteiger partial charge in [-0.05, 0) is 42.3 Å². The number of rotatable bonds is 7. The van der Waals surface area contributed by atoms with Crippen LogP contribution in [0.1, 0.15) is 29.7 Å². The molecule has 170 valence electrons. The molecule has 0 spiro atoms. The number of hydrogen-bond donors (Lipinski definition) is 1. The molecule has 4 rings (SSSR count). The van der Waals surface area contributed by atoms with Crippen LogP contribution in [0.3, 0.4) is 0 Å². The number of amides is 1. The quantitative estimate of drug-likeness (QED) is 0.584. The van der Waals surface area contributed by atoms with Gasteiger partial charge in [-0.3, -0.25) is 4.79 Å². The highest BCUT2D eigenvalue weighted by Gasteiger charge is 2.39. The molecule has 1 heterocycles. The summed E-state index contributed by atoms with van der Waals surface area (Å²) in [7, 11) is 3.23. The van der Waals surface area contributed by atoms with Crippen LogP contribution in [0.5, 0.6) is 11.5 Å². The van der Waals surface area contributed by atoms with Crippen LogP contribution < -0.4 is 9.47 Å². The molecule has 0 aliphatic carbocycles. The molecule has 1 N–H and O–H groups in total. The summed E-state index contributed by atoms with van der Waals surface area (Å²) in [6, 6.07) is 24.3. The molecule has 1 aliphatic rings. The Morgan fingerprint density at radius 3 is 1.82 bits per heavy atom. The zero-order valence-electron chi connectivity index (χ0n) is 18.8. The largest absolute Gasteiger partial charge is 0.497 e. The molecule has 0 fully saturated rings. The Morgan fingerprint density at radius 2 is 1.36 bits per heavy atom. The summed E-state index contributed by atoms with van der Waals surface area (Å²) in [5, 5.41) is 10.4. The standard InChI is InChI=1S/C27H27NO5/c1-18(29)26-27(30)28(17-24(33-26)19-7-5-4-6-8-19)25(20-9-13-22(31-2)14-10-20)21-11-15-23(32-3)16-12-21/h4-18,25-26,29H,1-3H3/t18-,26+/m1/s1. The van der Waals surface area contributed by atoms with E-state index >= 15 is 0 Å². The molecule has 1 amide bonds. The zero-order valence-corrected chi connectivity index (χ0v) is 18.8. The second-order valence-corrected chi connectivity index (χ2v) is 7.83. The van der Waals surface area contributed by atoms with Gasteiger partial charge in [0, 0.05) is 5.56 Å². The number of carbonyl (C=O) groups excluding carboxylic acids is 1.